The van der Waals surface area contributed by atoms with Crippen molar-refractivity contribution in [2.24, 2.45) is 0 Å². The Morgan fingerprint density at radius 1 is 1.06 bits per heavy atom. The van der Waals surface area contributed by atoms with Gasteiger partial charge >= 0.3 is 0 Å². The van der Waals surface area contributed by atoms with Crippen LogP contribution >= 0.6 is 0 Å². The summed E-state index contributed by atoms with van der Waals surface area (Å²) in [4.78, 5) is 0. The number of halogens is 1. The van der Waals surface area contributed by atoms with E-state index in [0.29, 0.717) is 6.54 Å². The second kappa shape index (κ2) is 5.65. The van der Waals surface area contributed by atoms with Crippen molar-refractivity contribution in [3.8, 4) is 0 Å². The van der Waals surface area contributed by atoms with Crippen molar-refractivity contribution < 1.29 is 9.50 Å². The lowest BCUT2D eigenvalue weighted by atomic mass is 10.1. The predicted molar refractivity (Wildman–Crippen MR) is 70.8 cm³/mol. The van der Waals surface area contributed by atoms with Crippen molar-refractivity contribution in [1.82, 2.24) is 0 Å². The molecule has 0 unspecified atom stereocenters. The number of benzene rings is 2. The van der Waals surface area contributed by atoms with Crippen LogP contribution in [0.4, 0.5) is 10.1 Å². The molecule has 18 heavy (non-hydrogen) atoms. The molecule has 2 rings (SSSR count). The molecule has 94 valence electrons. The Labute approximate surface area is 106 Å². The quantitative estimate of drug-likeness (QED) is 0.866. The monoisotopic (exact) mass is 245 g/mol. The molecule has 2 aromatic rings. The minimum atomic E-state index is -0.225. The molecule has 0 heterocycles. The lowest BCUT2D eigenvalue weighted by Gasteiger charge is -2.11. The molecule has 0 atom stereocenters. The van der Waals surface area contributed by atoms with Gasteiger partial charge in [0.1, 0.15) is 5.82 Å². The number of nitrogens with one attached hydrogen (secondary N) is 1. The van der Waals surface area contributed by atoms with Crippen molar-refractivity contribution in [2.45, 2.75) is 20.1 Å². The molecule has 0 aromatic heterocycles. The highest BCUT2D eigenvalue weighted by Gasteiger charge is 2.00. The van der Waals surface area contributed by atoms with Crippen LogP contribution in [0.5, 0.6) is 0 Å². The van der Waals surface area contributed by atoms with Crippen LogP contribution in [0.3, 0.4) is 0 Å². The summed E-state index contributed by atoms with van der Waals surface area (Å²) in [5.41, 5.74) is 4.01. The number of rotatable bonds is 4. The summed E-state index contributed by atoms with van der Waals surface area (Å²) in [6.45, 7) is 2.68. The highest BCUT2D eigenvalue weighted by molar-refractivity contribution is 5.52. The first kappa shape index (κ1) is 12.6. The largest absolute Gasteiger partial charge is 0.392 e. The standard InChI is InChI=1S/C15H16FNO/c1-11-2-3-13(10-18)8-15(11)17-9-12-4-6-14(16)7-5-12/h2-8,17-18H,9-10H2,1H3. The summed E-state index contributed by atoms with van der Waals surface area (Å²) in [5.74, 6) is -0.225. The van der Waals surface area contributed by atoms with Gasteiger partial charge in [-0.25, -0.2) is 4.39 Å². The maximum atomic E-state index is 12.8. The van der Waals surface area contributed by atoms with E-state index in [-0.39, 0.29) is 12.4 Å². The third kappa shape index (κ3) is 3.08. The van der Waals surface area contributed by atoms with E-state index in [9.17, 15) is 4.39 Å². The molecule has 0 radical (unpaired) electrons. The fourth-order valence-electron chi connectivity index (χ4n) is 1.76. The number of anilines is 1. The Hall–Kier alpha value is -1.87. The van der Waals surface area contributed by atoms with Crippen molar-refractivity contribution >= 4 is 5.69 Å². The molecule has 0 bridgehead atoms. The van der Waals surface area contributed by atoms with E-state index in [1.165, 1.54) is 12.1 Å². The van der Waals surface area contributed by atoms with E-state index < -0.39 is 0 Å². The van der Waals surface area contributed by atoms with E-state index in [0.717, 1.165) is 22.4 Å². The molecular weight excluding hydrogens is 229 g/mol. The van der Waals surface area contributed by atoms with Gasteiger partial charge in [-0.2, -0.15) is 0 Å². The molecule has 0 aliphatic carbocycles. The Morgan fingerprint density at radius 3 is 2.39 bits per heavy atom. The fraction of sp³-hybridized carbons (Fsp3) is 0.200. The van der Waals surface area contributed by atoms with Gasteiger partial charge in [0.25, 0.3) is 0 Å². The average molecular weight is 245 g/mol. The van der Waals surface area contributed by atoms with E-state index in [1.54, 1.807) is 12.1 Å². The summed E-state index contributed by atoms with van der Waals surface area (Å²) in [6.07, 6.45) is 0. The summed E-state index contributed by atoms with van der Waals surface area (Å²) >= 11 is 0. The van der Waals surface area contributed by atoms with Gasteiger partial charge in [-0.15, -0.1) is 0 Å². The molecule has 0 fully saturated rings. The molecule has 3 heteroatoms. The summed E-state index contributed by atoms with van der Waals surface area (Å²) in [7, 11) is 0. The molecule has 2 nitrogen and oxygen atoms in total. The van der Waals surface area contributed by atoms with Gasteiger partial charge in [0.2, 0.25) is 0 Å². The van der Waals surface area contributed by atoms with Gasteiger partial charge in [-0.3, -0.25) is 0 Å². The van der Waals surface area contributed by atoms with Crippen LogP contribution in [0.25, 0.3) is 0 Å². The van der Waals surface area contributed by atoms with Gasteiger partial charge in [0.05, 0.1) is 6.61 Å². The highest BCUT2D eigenvalue weighted by atomic mass is 19.1. The Bertz CT molecular complexity index is 523. The first-order chi connectivity index (χ1) is 8.69. The second-order valence-electron chi connectivity index (χ2n) is 4.29. The molecule has 0 aliphatic heterocycles. The Morgan fingerprint density at radius 2 is 1.72 bits per heavy atom. The van der Waals surface area contributed by atoms with Crippen LogP contribution in [0.2, 0.25) is 0 Å². The molecule has 0 spiro atoms. The molecule has 0 aliphatic rings. The van der Waals surface area contributed by atoms with E-state index in [1.807, 2.05) is 25.1 Å². The van der Waals surface area contributed by atoms with Gasteiger partial charge < -0.3 is 10.4 Å². The Kier molecular flexibility index (Phi) is 3.95. The summed E-state index contributed by atoms with van der Waals surface area (Å²) < 4.78 is 12.8. The zero-order valence-corrected chi connectivity index (χ0v) is 10.3. The van der Waals surface area contributed by atoms with Crippen LogP contribution in [0, 0.1) is 12.7 Å². The van der Waals surface area contributed by atoms with Crippen LogP contribution in [0.1, 0.15) is 16.7 Å². The number of aliphatic hydroxyl groups excluding tert-OH is 1. The Balaban J connectivity index is 2.07. The van der Waals surface area contributed by atoms with E-state index in [2.05, 4.69) is 5.32 Å². The molecule has 2 aromatic carbocycles. The number of hydrogen-bond donors (Lipinski definition) is 2. The number of hydrogen-bond acceptors (Lipinski definition) is 2. The lowest BCUT2D eigenvalue weighted by Crippen LogP contribution is -2.01. The molecule has 0 amide bonds. The van der Waals surface area contributed by atoms with Crippen molar-refractivity contribution in [2.75, 3.05) is 5.32 Å². The number of aryl methyl sites for hydroxylation is 1. The smallest absolute Gasteiger partial charge is 0.123 e. The second-order valence-corrected chi connectivity index (χ2v) is 4.29. The molecular formula is C15H16FNO. The van der Waals surface area contributed by atoms with Gasteiger partial charge in [-0.05, 0) is 41.8 Å². The number of aliphatic hydroxyl groups is 1. The first-order valence-electron chi connectivity index (χ1n) is 5.88. The van der Waals surface area contributed by atoms with Crippen LogP contribution in [-0.4, -0.2) is 5.11 Å². The topological polar surface area (TPSA) is 32.3 Å². The van der Waals surface area contributed by atoms with Crippen LogP contribution in [-0.2, 0) is 13.2 Å². The van der Waals surface area contributed by atoms with Crippen LogP contribution in [0.15, 0.2) is 42.5 Å². The zero-order valence-electron chi connectivity index (χ0n) is 10.3. The van der Waals surface area contributed by atoms with Crippen molar-refractivity contribution in [3.63, 3.8) is 0 Å². The third-order valence-electron chi connectivity index (χ3n) is 2.88. The summed E-state index contributed by atoms with van der Waals surface area (Å²) in [6, 6.07) is 12.2. The van der Waals surface area contributed by atoms with Gasteiger partial charge in [-0.1, -0.05) is 24.3 Å². The summed E-state index contributed by atoms with van der Waals surface area (Å²) in [5, 5.41) is 12.4. The predicted octanol–water partition coefficient (Wildman–Crippen LogP) is 3.24. The molecule has 0 saturated carbocycles. The van der Waals surface area contributed by atoms with E-state index in [4.69, 9.17) is 5.11 Å². The maximum Gasteiger partial charge on any atom is 0.123 e. The van der Waals surface area contributed by atoms with Crippen molar-refractivity contribution in [1.29, 1.82) is 0 Å². The van der Waals surface area contributed by atoms with Gasteiger partial charge in [0, 0.05) is 12.2 Å². The highest BCUT2D eigenvalue weighted by Crippen LogP contribution is 2.18. The minimum Gasteiger partial charge on any atom is -0.392 e. The first-order valence-corrected chi connectivity index (χ1v) is 5.88. The van der Waals surface area contributed by atoms with Crippen LogP contribution < -0.4 is 5.32 Å². The van der Waals surface area contributed by atoms with E-state index >= 15 is 0 Å². The lowest BCUT2D eigenvalue weighted by molar-refractivity contribution is 0.282. The SMILES string of the molecule is Cc1ccc(CO)cc1NCc1ccc(F)cc1. The normalized spacial score (nSPS) is 10.4. The third-order valence-corrected chi connectivity index (χ3v) is 2.88. The molecule has 2 N–H and O–H groups in total. The fourth-order valence-corrected chi connectivity index (χ4v) is 1.76. The van der Waals surface area contributed by atoms with Crippen molar-refractivity contribution in [3.05, 3.63) is 65.0 Å². The average Bonchev–Trinajstić information content (AvgIpc) is 2.40. The van der Waals surface area contributed by atoms with Gasteiger partial charge in [0.15, 0.2) is 0 Å². The molecule has 0 saturated heterocycles. The minimum absolute atomic E-state index is 0.0332. The maximum absolute atomic E-state index is 12.8. The zero-order chi connectivity index (χ0) is 13.0.